The van der Waals surface area contributed by atoms with Crippen molar-refractivity contribution in [2.24, 2.45) is 0 Å². The van der Waals surface area contributed by atoms with Crippen molar-refractivity contribution in [3.63, 3.8) is 0 Å². The molecule has 2 heterocycles. The zero-order valence-electron chi connectivity index (χ0n) is 12.4. The van der Waals surface area contributed by atoms with Crippen LogP contribution in [0.3, 0.4) is 0 Å². The molecule has 1 aliphatic heterocycles. The summed E-state index contributed by atoms with van der Waals surface area (Å²) in [6, 6.07) is 1.96. The van der Waals surface area contributed by atoms with Gasteiger partial charge in [-0.1, -0.05) is 6.58 Å². The number of carbonyl (C=O) groups excluding carboxylic acids is 1. The quantitative estimate of drug-likeness (QED) is 0.803. The number of nitrogens with zero attached hydrogens (tertiary/aromatic N) is 2. The van der Waals surface area contributed by atoms with E-state index < -0.39 is 12.1 Å². The normalized spacial score (nSPS) is 13.2. The third-order valence-corrected chi connectivity index (χ3v) is 3.05. The average Bonchev–Trinajstić information content (AvgIpc) is 2.52. The summed E-state index contributed by atoms with van der Waals surface area (Å²) in [5, 5.41) is 10.4. The first kappa shape index (κ1) is 18.6. The van der Waals surface area contributed by atoms with E-state index in [2.05, 4.69) is 16.9 Å². The third kappa shape index (κ3) is 5.37. The fourth-order valence-electron chi connectivity index (χ4n) is 1.78. The van der Waals surface area contributed by atoms with Gasteiger partial charge in [-0.05, 0) is 36.2 Å². The number of hydrogen-bond donors (Lipinski definition) is 2. The molecule has 0 saturated carbocycles. The van der Waals surface area contributed by atoms with Crippen molar-refractivity contribution >= 4 is 17.7 Å². The Bertz CT molecular complexity index is 603. The van der Waals surface area contributed by atoms with E-state index in [4.69, 9.17) is 9.90 Å². The lowest BCUT2D eigenvalue weighted by molar-refractivity contribution is -0.192. The molecule has 2 N–H and O–H groups in total. The second-order valence-electron chi connectivity index (χ2n) is 4.64. The van der Waals surface area contributed by atoms with Gasteiger partial charge in [0.15, 0.2) is 0 Å². The Morgan fingerprint density at radius 1 is 1.43 bits per heavy atom. The minimum Gasteiger partial charge on any atom is -0.475 e. The first-order valence-electron chi connectivity index (χ1n) is 6.55. The highest BCUT2D eigenvalue weighted by Crippen LogP contribution is 2.18. The van der Waals surface area contributed by atoms with Crippen molar-refractivity contribution in [3.05, 3.63) is 36.0 Å². The van der Waals surface area contributed by atoms with Crippen LogP contribution in [0, 0.1) is 0 Å². The van der Waals surface area contributed by atoms with Gasteiger partial charge in [0.1, 0.15) is 5.82 Å². The summed E-state index contributed by atoms with van der Waals surface area (Å²) < 4.78 is 31.7. The van der Waals surface area contributed by atoms with E-state index in [-0.39, 0.29) is 5.91 Å². The number of anilines is 1. The molecular formula is C14H16F3N3O3. The Morgan fingerprint density at radius 3 is 2.57 bits per heavy atom. The number of fused-ring (bicyclic) bond motifs is 1. The van der Waals surface area contributed by atoms with Crippen molar-refractivity contribution < 1.29 is 27.9 Å². The van der Waals surface area contributed by atoms with E-state index in [1.165, 1.54) is 22.1 Å². The lowest BCUT2D eigenvalue weighted by Gasteiger charge is -2.20. The fourth-order valence-corrected chi connectivity index (χ4v) is 1.78. The van der Waals surface area contributed by atoms with Crippen LogP contribution in [0.5, 0.6) is 0 Å². The van der Waals surface area contributed by atoms with E-state index in [1.54, 1.807) is 7.05 Å². The molecule has 6 nitrogen and oxygen atoms in total. The van der Waals surface area contributed by atoms with Crippen molar-refractivity contribution in [2.75, 3.05) is 18.5 Å². The van der Waals surface area contributed by atoms with E-state index in [0.29, 0.717) is 5.82 Å². The van der Waals surface area contributed by atoms with Gasteiger partial charge < -0.3 is 10.4 Å². The van der Waals surface area contributed by atoms with Crippen LogP contribution in [0.4, 0.5) is 19.0 Å². The molecule has 9 heteroatoms. The summed E-state index contributed by atoms with van der Waals surface area (Å²) in [4.78, 5) is 26.1. The molecule has 1 aromatic heterocycles. The number of carboxylic acids is 1. The van der Waals surface area contributed by atoms with Gasteiger partial charge in [-0.2, -0.15) is 13.2 Å². The van der Waals surface area contributed by atoms with Gasteiger partial charge in [-0.3, -0.25) is 9.69 Å². The van der Waals surface area contributed by atoms with Crippen LogP contribution >= 0.6 is 0 Å². The molecule has 1 amide bonds. The largest absolute Gasteiger partial charge is 0.490 e. The number of aromatic nitrogens is 1. The van der Waals surface area contributed by atoms with Crippen LogP contribution in [0.15, 0.2) is 24.9 Å². The van der Waals surface area contributed by atoms with Crippen molar-refractivity contribution in [2.45, 2.75) is 19.1 Å². The van der Waals surface area contributed by atoms with E-state index >= 15 is 0 Å². The first-order chi connectivity index (χ1) is 10.7. The average molecular weight is 331 g/mol. The zero-order valence-corrected chi connectivity index (χ0v) is 12.4. The minimum absolute atomic E-state index is 0.142. The van der Waals surface area contributed by atoms with Gasteiger partial charge in [0.25, 0.3) is 5.91 Å². The number of halogens is 3. The van der Waals surface area contributed by atoms with Gasteiger partial charge in [-0.15, -0.1) is 0 Å². The Hall–Kier alpha value is -2.42. The van der Waals surface area contributed by atoms with Gasteiger partial charge in [0.2, 0.25) is 0 Å². The van der Waals surface area contributed by atoms with Crippen LogP contribution in [-0.4, -0.2) is 41.7 Å². The molecular weight excluding hydrogens is 315 g/mol. The standard InChI is InChI=1S/C12H15N3O.C2HF3O2/c1-3-12(16)15(2)11-6-10-7-13-5-4-9(10)8-14-11;3-2(4,5)1(6)7/h3,6,8,13H,1,4-5,7H2,2H3;(H,6,7). The van der Waals surface area contributed by atoms with Crippen molar-refractivity contribution in [3.8, 4) is 0 Å². The number of pyridine rings is 1. The highest BCUT2D eigenvalue weighted by Gasteiger charge is 2.38. The zero-order chi connectivity index (χ0) is 17.6. The van der Waals surface area contributed by atoms with Gasteiger partial charge in [0.05, 0.1) is 0 Å². The Balaban J connectivity index is 0.000000322. The summed E-state index contributed by atoms with van der Waals surface area (Å²) in [6.07, 6.45) is -0.931. The second-order valence-corrected chi connectivity index (χ2v) is 4.64. The molecule has 126 valence electrons. The molecule has 0 bridgehead atoms. The summed E-state index contributed by atoms with van der Waals surface area (Å²) in [6.45, 7) is 5.31. The summed E-state index contributed by atoms with van der Waals surface area (Å²) in [5.41, 5.74) is 2.49. The highest BCUT2D eigenvalue weighted by atomic mass is 19.4. The van der Waals surface area contributed by atoms with Crippen LogP contribution in [0.25, 0.3) is 0 Å². The third-order valence-electron chi connectivity index (χ3n) is 3.05. The number of hydrogen-bond acceptors (Lipinski definition) is 4. The molecule has 1 aliphatic rings. The maximum Gasteiger partial charge on any atom is 0.490 e. The molecule has 0 radical (unpaired) electrons. The Kier molecular flexibility index (Phi) is 6.26. The topological polar surface area (TPSA) is 82.5 Å². The van der Waals surface area contributed by atoms with Crippen LogP contribution < -0.4 is 10.2 Å². The molecule has 0 spiro atoms. The number of carbonyl (C=O) groups is 2. The number of likely N-dealkylation sites (N-methyl/N-ethyl adjacent to an activating group) is 1. The molecule has 0 unspecified atom stereocenters. The lowest BCUT2D eigenvalue weighted by atomic mass is 10.0. The molecule has 1 aromatic rings. The lowest BCUT2D eigenvalue weighted by Crippen LogP contribution is -2.27. The maximum absolute atomic E-state index is 11.4. The van der Waals surface area contributed by atoms with E-state index in [1.807, 2.05) is 12.3 Å². The van der Waals surface area contributed by atoms with E-state index in [9.17, 15) is 18.0 Å². The van der Waals surface area contributed by atoms with Gasteiger partial charge >= 0.3 is 12.1 Å². The van der Waals surface area contributed by atoms with Gasteiger partial charge in [-0.25, -0.2) is 9.78 Å². The smallest absolute Gasteiger partial charge is 0.475 e. The van der Waals surface area contributed by atoms with Crippen LogP contribution in [-0.2, 0) is 22.6 Å². The van der Waals surface area contributed by atoms with Gasteiger partial charge in [0, 0.05) is 19.8 Å². The van der Waals surface area contributed by atoms with E-state index in [0.717, 1.165) is 19.5 Å². The molecule has 0 aliphatic carbocycles. The van der Waals surface area contributed by atoms with Crippen LogP contribution in [0.1, 0.15) is 11.1 Å². The van der Waals surface area contributed by atoms with Crippen LogP contribution in [0.2, 0.25) is 0 Å². The Labute approximate surface area is 130 Å². The molecule has 2 rings (SSSR count). The molecule has 0 saturated heterocycles. The molecule has 23 heavy (non-hydrogen) atoms. The summed E-state index contributed by atoms with van der Waals surface area (Å²) in [5.74, 6) is -2.23. The number of rotatable bonds is 2. The highest BCUT2D eigenvalue weighted by molar-refractivity contribution is 5.99. The first-order valence-corrected chi connectivity index (χ1v) is 6.55. The summed E-state index contributed by atoms with van der Waals surface area (Å²) in [7, 11) is 1.70. The number of nitrogens with one attached hydrogen (secondary N) is 1. The fraction of sp³-hybridized carbons (Fsp3) is 0.357. The predicted molar refractivity (Wildman–Crippen MR) is 76.9 cm³/mol. The molecule has 0 atom stereocenters. The summed E-state index contributed by atoms with van der Waals surface area (Å²) >= 11 is 0. The minimum atomic E-state index is -5.08. The number of alkyl halides is 3. The van der Waals surface area contributed by atoms with Crippen molar-refractivity contribution in [1.29, 1.82) is 0 Å². The number of carboxylic acid groups (broad SMARTS) is 1. The Morgan fingerprint density at radius 2 is 2.04 bits per heavy atom. The number of aliphatic carboxylic acids is 1. The SMILES string of the molecule is C=CC(=O)N(C)c1cc2c(cn1)CCNC2.O=C(O)C(F)(F)F. The predicted octanol–water partition coefficient (Wildman–Crippen LogP) is 1.51. The monoisotopic (exact) mass is 331 g/mol. The molecule has 0 aromatic carbocycles. The van der Waals surface area contributed by atoms with Crippen molar-refractivity contribution in [1.82, 2.24) is 10.3 Å². The second kappa shape index (κ2) is 7.73. The number of amides is 1. The molecule has 0 fully saturated rings. The maximum atomic E-state index is 11.4.